The molecule has 4 aliphatic rings. The van der Waals surface area contributed by atoms with E-state index in [0.29, 0.717) is 17.5 Å². The number of carbonyl (C=O) groups excluding carboxylic acids is 2. The third kappa shape index (κ3) is 2.09. The van der Waals surface area contributed by atoms with Crippen LogP contribution in [0.2, 0.25) is 0 Å². The normalized spacial score (nSPS) is 49.0. The van der Waals surface area contributed by atoms with Crippen molar-refractivity contribution in [3.8, 4) is 0 Å². The summed E-state index contributed by atoms with van der Waals surface area (Å²) in [6.45, 7) is 8.97. The summed E-state index contributed by atoms with van der Waals surface area (Å²) in [4.78, 5) is 24.6. The fourth-order valence-electron chi connectivity index (χ4n) is 8.10. The molecule has 4 rings (SSSR count). The van der Waals surface area contributed by atoms with Crippen molar-refractivity contribution in [2.24, 2.45) is 34.0 Å². The van der Waals surface area contributed by atoms with Crippen LogP contribution in [0, 0.1) is 34.0 Å². The number of fused-ring (bicyclic) bond motifs is 5. The number of carbonyl (C=O) groups is 2. The molecule has 0 aromatic rings. The zero-order chi connectivity index (χ0) is 18.0. The van der Waals surface area contributed by atoms with Crippen LogP contribution in [0.1, 0.15) is 85.5 Å². The highest BCUT2D eigenvalue weighted by Gasteiger charge is 2.64. The molecule has 2 nitrogen and oxygen atoms in total. The molecule has 0 radical (unpaired) electrons. The van der Waals surface area contributed by atoms with Crippen LogP contribution < -0.4 is 0 Å². The largest absolute Gasteiger partial charge is 0.299 e. The van der Waals surface area contributed by atoms with Gasteiger partial charge in [-0.25, -0.2) is 0 Å². The van der Waals surface area contributed by atoms with E-state index >= 15 is 0 Å². The van der Waals surface area contributed by atoms with E-state index < -0.39 is 0 Å². The quantitative estimate of drug-likeness (QED) is 0.663. The van der Waals surface area contributed by atoms with Crippen LogP contribution in [0.25, 0.3) is 0 Å². The van der Waals surface area contributed by atoms with Crippen molar-refractivity contribution in [3.63, 3.8) is 0 Å². The molecule has 6 unspecified atom stereocenters. The van der Waals surface area contributed by atoms with Crippen LogP contribution in [0.4, 0.5) is 0 Å². The standard InChI is InChI=1S/C23H34O2/c1-5-23(15(2)24)13-10-20-18-7-6-16-14-17(25)8-11-21(16,3)19(18)9-12-22(20,23)4/h14,18-20H,5-13H2,1-4H3. The van der Waals surface area contributed by atoms with E-state index in [0.717, 1.165) is 43.9 Å². The van der Waals surface area contributed by atoms with Gasteiger partial charge in [-0.3, -0.25) is 9.59 Å². The van der Waals surface area contributed by atoms with Gasteiger partial charge in [-0.1, -0.05) is 26.3 Å². The van der Waals surface area contributed by atoms with Gasteiger partial charge in [0.1, 0.15) is 5.78 Å². The summed E-state index contributed by atoms with van der Waals surface area (Å²) >= 11 is 0. The van der Waals surface area contributed by atoms with Gasteiger partial charge >= 0.3 is 0 Å². The second-order valence-corrected chi connectivity index (χ2v) is 9.96. The number of ketones is 2. The van der Waals surface area contributed by atoms with E-state index in [4.69, 9.17) is 0 Å². The van der Waals surface area contributed by atoms with E-state index in [1.807, 2.05) is 13.0 Å². The molecule has 6 atom stereocenters. The molecule has 0 heterocycles. The molecule has 0 aliphatic heterocycles. The van der Waals surface area contributed by atoms with E-state index in [-0.39, 0.29) is 16.2 Å². The summed E-state index contributed by atoms with van der Waals surface area (Å²) in [5, 5.41) is 0. The lowest BCUT2D eigenvalue weighted by Crippen LogP contribution is -2.54. The molecule has 0 aromatic heterocycles. The summed E-state index contributed by atoms with van der Waals surface area (Å²) in [7, 11) is 0. The Balaban J connectivity index is 1.70. The Hall–Kier alpha value is -0.920. The SMILES string of the molecule is CCC1(C(C)=O)CCC2C3CCC4=CC(=O)CCC4(C)C3CCC21C. The topological polar surface area (TPSA) is 34.1 Å². The summed E-state index contributed by atoms with van der Waals surface area (Å²) in [6, 6.07) is 0. The van der Waals surface area contributed by atoms with Crippen LogP contribution in [0.15, 0.2) is 11.6 Å². The monoisotopic (exact) mass is 342 g/mol. The van der Waals surface area contributed by atoms with Crippen molar-refractivity contribution >= 4 is 11.6 Å². The molecule has 3 saturated carbocycles. The summed E-state index contributed by atoms with van der Waals surface area (Å²) in [5.41, 5.74) is 1.80. The van der Waals surface area contributed by atoms with Gasteiger partial charge in [-0.15, -0.1) is 0 Å². The van der Waals surface area contributed by atoms with Gasteiger partial charge < -0.3 is 0 Å². The molecular formula is C23H34O2. The Morgan fingerprint density at radius 3 is 2.48 bits per heavy atom. The third-order valence-corrected chi connectivity index (χ3v) is 9.60. The van der Waals surface area contributed by atoms with Crippen molar-refractivity contribution in [3.05, 3.63) is 11.6 Å². The first kappa shape index (κ1) is 17.5. The Kier molecular flexibility index (Phi) is 3.87. The number of hydrogen-bond acceptors (Lipinski definition) is 2. The molecule has 3 fully saturated rings. The summed E-state index contributed by atoms with van der Waals surface area (Å²) < 4.78 is 0. The maximum atomic E-state index is 12.7. The van der Waals surface area contributed by atoms with Gasteiger partial charge in [0.15, 0.2) is 5.78 Å². The van der Waals surface area contributed by atoms with E-state index in [9.17, 15) is 9.59 Å². The predicted molar refractivity (Wildman–Crippen MR) is 100 cm³/mol. The summed E-state index contributed by atoms with van der Waals surface area (Å²) in [6.07, 6.45) is 11.9. The second-order valence-electron chi connectivity index (χ2n) is 9.96. The number of rotatable bonds is 2. The minimum atomic E-state index is -0.0812. The van der Waals surface area contributed by atoms with Crippen molar-refractivity contribution in [1.82, 2.24) is 0 Å². The van der Waals surface area contributed by atoms with Gasteiger partial charge in [-0.2, -0.15) is 0 Å². The molecule has 0 saturated heterocycles. The molecule has 25 heavy (non-hydrogen) atoms. The molecule has 138 valence electrons. The Labute approximate surface area is 152 Å². The molecule has 0 bridgehead atoms. The fraction of sp³-hybridized carbons (Fsp3) is 0.826. The first-order valence-electron chi connectivity index (χ1n) is 10.5. The van der Waals surface area contributed by atoms with Crippen LogP contribution in [-0.4, -0.2) is 11.6 Å². The Morgan fingerprint density at radius 1 is 1.08 bits per heavy atom. The van der Waals surface area contributed by atoms with Crippen molar-refractivity contribution < 1.29 is 9.59 Å². The lowest BCUT2D eigenvalue weighted by atomic mass is 9.44. The first-order valence-corrected chi connectivity index (χ1v) is 10.5. The minimum Gasteiger partial charge on any atom is -0.299 e. The van der Waals surface area contributed by atoms with Gasteiger partial charge in [0.2, 0.25) is 0 Å². The average molecular weight is 343 g/mol. The van der Waals surface area contributed by atoms with Crippen molar-refractivity contribution in [2.75, 3.05) is 0 Å². The molecule has 0 amide bonds. The first-order chi connectivity index (χ1) is 11.8. The zero-order valence-corrected chi connectivity index (χ0v) is 16.5. The fourth-order valence-corrected chi connectivity index (χ4v) is 8.10. The van der Waals surface area contributed by atoms with Crippen molar-refractivity contribution in [1.29, 1.82) is 0 Å². The third-order valence-electron chi connectivity index (χ3n) is 9.60. The molecular weight excluding hydrogens is 308 g/mol. The number of hydrogen-bond donors (Lipinski definition) is 0. The Bertz CT molecular complexity index is 646. The molecule has 0 N–H and O–H groups in total. The molecule has 0 spiro atoms. The Morgan fingerprint density at radius 2 is 1.80 bits per heavy atom. The average Bonchev–Trinajstić information content (AvgIpc) is 2.89. The smallest absolute Gasteiger partial charge is 0.155 e. The zero-order valence-electron chi connectivity index (χ0n) is 16.5. The van der Waals surface area contributed by atoms with Crippen LogP contribution in [-0.2, 0) is 9.59 Å². The van der Waals surface area contributed by atoms with E-state index in [1.165, 1.54) is 31.3 Å². The predicted octanol–water partition coefficient (Wildman–Crippen LogP) is 5.50. The lowest BCUT2D eigenvalue weighted by molar-refractivity contribution is -0.141. The lowest BCUT2D eigenvalue weighted by Gasteiger charge is -2.59. The molecule has 4 aliphatic carbocycles. The van der Waals surface area contributed by atoms with Crippen LogP contribution >= 0.6 is 0 Å². The summed E-state index contributed by atoms with van der Waals surface area (Å²) in [5.74, 6) is 2.95. The van der Waals surface area contributed by atoms with E-state index in [2.05, 4.69) is 20.8 Å². The van der Waals surface area contributed by atoms with E-state index in [1.54, 1.807) is 0 Å². The van der Waals surface area contributed by atoms with Crippen LogP contribution in [0.5, 0.6) is 0 Å². The molecule has 2 heteroatoms. The maximum Gasteiger partial charge on any atom is 0.155 e. The van der Waals surface area contributed by atoms with Gasteiger partial charge in [0.25, 0.3) is 0 Å². The minimum absolute atomic E-state index is 0.0812. The highest BCUT2D eigenvalue weighted by Crippen LogP contribution is 2.70. The highest BCUT2D eigenvalue weighted by molar-refractivity contribution is 5.91. The second kappa shape index (κ2) is 5.54. The van der Waals surface area contributed by atoms with Gasteiger partial charge in [0, 0.05) is 11.8 Å². The number of allylic oxidation sites excluding steroid dienone is 1. The highest BCUT2D eigenvalue weighted by atomic mass is 16.1. The van der Waals surface area contributed by atoms with Crippen molar-refractivity contribution in [2.45, 2.75) is 85.5 Å². The maximum absolute atomic E-state index is 12.7. The van der Waals surface area contributed by atoms with Crippen LogP contribution in [0.3, 0.4) is 0 Å². The van der Waals surface area contributed by atoms with Gasteiger partial charge in [-0.05, 0) is 93.0 Å². The number of Topliss-reactive ketones (excluding diaryl/α,β-unsaturated/α-hetero) is 1. The molecule has 0 aromatic carbocycles. The van der Waals surface area contributed by atoms with Gasteiger partial charge in [0.05, 0.1) is 0 Å².